The molecule has 20 heavy (non-hydrogen) atoms. The van der Waals surface area contributed by atoms with Crippen molar-refractivity contribution in [3.63, 3.8) is 0 Å². The van der Waals surface area contributed by atoms with Gasteiger partial charge in [-0.2, -0.15) is 0 Å². The van der Waals surface area contributed by atoms with E-state index in [1.165, 1.54) is 12.5 Å². The summed E-state index contributed by atoms with van der Waals surface area (Å²) in [5.41, 5.74) is 0.411. The highest BCUT2D eigenvalue weighted by molar-refractivity contribution is 5.88. The molecular formula is C13H20N4O3. The fourth-order valence-electron chi connectivity index (χ4n) is 1.82. The van der Waals surface area contributed by atoms with Gasteiger partial charge in [0.1, 0.15) is 11.9 Å². The summed E-state index contributed by atoms with van der Waals surface area (Å²) in [6.07, 6.45) is 2.55. The van der Waals surface area contributed by atoms with Crippen molar-refractivity contribution in [3.05, 3.63) is 23.8 Å². The maximum Gasteiger partial charge on any atom is 0.339 e. The molecule has 0 radical (unpaired) electrons. The molecule has 0 fully saturated rings. The quantitative estimate of drug-likeness (QED) is 0.756. The van der Waals surface area contributed by atoms with Gasteiger partial charge in [-0.3, -0.25) is 4.79 Å². The van der Waals surface area contributed by atoms with Crippen LogP contribution >= 0.6 is 0 Å². The van der Waals surface area contributed by atoms with Crippen LogP contribution in [0.2, 0.25) is 0 Å². The second-order valence-corrected chi connectivity index (χ2v) is 4.30. The Kier molecular flexibility index (Phi) is 6.05. The first kappa shape index (κ1) is 16.0. The molecule has 1 unspecified atom stereocenters. The van der Waals surface area contributed by atoms with Crippen LogP contribution in [0, 0.1) is 0 Å². The van der Waals surface area contributed by atoms with Crippen molar-refractivity contribution in [1.82, 2.24) is 20.2 Å². The number of nitrogens with one attached hydrogen (secondary N) is 1. The number of likely N-dealkylation sites (N-methyl/N-ethyl adjacent to an activating group) is 1. The lowest BCUT2D eigenvalue weighted by molar-refractivity contribution is -0.132. The molecule has 2 N–H and O–H groups in total. The van der Waals surface area contributed by atoms with Gasteiger partial charge in [0, 0.05) is 25.8 Å². The van der Waals surface area contributed by atoms with Gasteiger partial charge in [-0.05, 0) is 20.8 Å². The van der Waals surface area contributed by atoms with E-state index in [-0.39, 0.29) is 18.0 Å². The number of carboxylic acids is 1. The second-order valence-electron chi connectivity index (χ2n) is 4.30. The first-order chi connectivity index (χ1) is 9.51. The minimum atomic E-state index is -1.08. The molecule has 7 heteroatoms. The van der Waals surface area contributed by atoms with Gasteiger partial charge in [-0.15, -0.1) is 0 Å². The zero-order chi connectivity index (χ0) is 15.1. The Morgan fingerprint density at radius 3 is 2.60 bits per heavy atom. The molecule has 0 spiro atoms. The number of hydrogen-bond acceptors (Lipinski definition) is 5. The van der Waals surface area contributed by atoms with E-state index in [0.717, 1.165) is 0 Å². The van der Waals surface area contributed by atoms with Crippen molar-refractivity contribution < 1.29 is 14.7 Å². The molecular weight excluding hydrogens is 260 g/mol. The average Bonchev–Trinajstić information content (AvgIpc) is 2.46. The van der Waals surface area contributed by atoms with Crippen LogP contribution in [0.15, 0.2) is 12.5 Å². The van der Waals surface area contributed by atoms with Crippen LogP contribution in [0.25, 0.3) is 0 Å². The molecule has 1 aromatic rings. The third-order valence-electron chi connectivity index (χ3n) is 3.05. The Morgan fingerprint density at radius 2 is 2.05 bits per heavy atom. The fraction of sp³-hybridized carbons (Fsp3) is 0.538. The van der Waals surface area contributed by atoms with E-state index in [1.807, 2.05) is 13.8 Å². The molecule has 1 heterocycles. The van der Waals surface area contributed by atoms with Crippen LogP contribution in [0.3, 0.4) is 0 Å². The number of aromatic nitrogens is 2. The summed E-state index contributed by atoms with van der Waals surface area (Å²) < 4.78 is 0. The zero-order valence-electron chi connectivity index (χ0n) is 12.0. The summed E-state index contributed by atoms with van der Waals surface area (Å²) in [6, 6.07) is -0.397. The van der Waals surface area contributed by atoms with E-state index in [4.69, 9.17) is 5.11 Å². The van der Waals surface area contributed by atoms with E-state index in [0.29, 0.717) is 18.8 Å². The number of hydrogen-bond donors (Lipinski definition) is 2. The first-order valence-electron chi connectivity index (χ1n) is 6.55. The van der Waals surface area contributed by atoms with Gasteiger partial charge in [-0.1, -0.05) is 0 Å². The molecule has 1 aromatic heterocycles. The third-order valence-corrected chi connectivity index (χ3v) is 3.05. The average molecular weight is 280 g/mol. The molecule has 0 aromatic carbocycles. The lowest BCUT2D eigenvalue weighted by Crippen LogP contribution is -2.44. The highest BCUT2D eigenvalue weighted by atomic mass is 16.4. The van der Waals surface area contributed by atoms with Gasteiger partial charge in [0.05, 0.1) is 11.7 Å². The first-order valence-corrected chi connectivity index (χ1v) is 6.55. The number of aromatic carboxylic acids is 1. The maximum absolute atomic E-state index is 12.1. The number of carbonyl (C=O) groups excluding carboxylic acids is 1. The van der Waals surface area contributed by atoms with E-state index in [1.54, 1.807) is 11.8 Å². The molecule has 110 valence electrons. The van der Waals surface area contributed by atoms with Crippen LogP contribution in [0.4, 0.5) is 0 Å². The lowest BCUT2D eigenvalue weighted by Gasteiger charge is -2.23. The number of rotatable bonds is 7. The number of carbonyl (C=O) groups is 2. The molecule has 1 amide bonds. The highest BCUT2D eigenvalue weighted by Gasteiger charge is 2.19. The second kappa shape index (κ2) is 7.54. The Hall–Kier alpha value is -2.02. The van der Waals surface area contributed by atoms with E-state index >= 15 is 0 Å². The summed E-state index contributed by atoms with van der Waals surface area (Å²) in [5.74, 6) is -1.09. The van der Waals surface area contributed by atoms with Crippen molar-refractivity contribution in [1.29, 1.82) is 0 Å². The normalized spacial score (nSPS) is 11.9. The lowest BCUT2D eigenvalue weighted by atomic mass is 10.2. The Bertz CT molecular complexity index is 474. The van der Waals surface area contributed by atoms with Crippen molar-refractivity contribution >= 4 is 11.9 Å². The van der Waals surface area contributed by atoms with E-state index in [9.17, 15) is 9.59 Å². The Balaban J connectivity index is 2.68. The summed E-state index contributed by atoms with van der Waals surface area (Å²) in [7, 11) is 0. The van der Waals surface area contributed by atoms with Crippen LogP contribution in [-0.2, 0) is 11.3 Å². The molecule has 1 atom stereocenters. The largest absolute Gasteiger partial charge is 0.478 e. The van der Waals surface area contributed by atoms with Gasteiger partial charge in [0.15, 0.2) is 0 Å². The van der Waals surface area contributed by atoms with Crippen LogP contribution in [0.1, 0.15) is 36.8 Å². The van der Waals surface area contributed by atoms with E-state index in [2.05, 4.69) is 15.3 Å². The Morgan fingerprint density at radius 1 is 1.40 bits per heavy atom. The van der Waals surface area contributed by atoms with Crippen LogP contribution in [-0.4, -0.2) is 51.0 Å². The standard InChI is InChI=1S/C13H20N4O3/c1-4-17(5-2)12(18)9(3)15-7-11-10(13(19)20)6-14-8-16-11/h6,8-9,15H,4-5,7H2,1-3H3,(H,19,20). The molecule has 0 saturated heterocycles. The maximum atomic E-state index is 12.1. The van der Waals surface area contributed by atoms with Gasteiger partial charge >= 0.3 is 5.97 Å². The summed E-state index contributed by atoms with van der Waals surface area (Å²) >= 11 is 0. The molecule has 0 aliphatic heterocycles. The monoisotopic (exact) mass is 280 g/mol. The third kappa shape index (κ3) is 3.99. The molecule has 0 aliphatic carbocycles. The predicted octanol–water partition coefficient (Wildman–Crippen LogP) is 0.521. The predicted molar refractivity (Wildman–Crippen MR) is 73.2 cm³/mol. The van der Waals surface area contributed by atoms with Gasteiger partial charge in [-0.25, -0.2) is 14.8 Å². The smallest absolute Gasteiger partial charge is 0.339 e. The zero-order valence-corrected chi connectivity index (χ0v) is 12.0. The van der Waals surface area contributed by atoms with Crippen LogP contribution < -0.4 is 5.32 Å². The van der Waals surface area contributed by atoms with Gasteiger partial charge in [0.2, 0.25) is 5.91 Å². The number of nitrogens with zero attached hydrogens (tertiary/aromatic N) is 3. The topological polar surface area (TPSA) is 95.4 Å². The summed E-state index contributed by atoms with van der Waals surface area (Å²) in [5, 5.41) is 12.0. The SMILES string of the molecule is CCN(CC)C(=O)C(C)NCc1ncncc1C(=O)O. The molecule has 7 nitrogen and oxygen atoms in total. The molecule has 0 aliphatic rings. The number of amides is 1. The molecule has 0 saturated carbocycles. The molecule has 0 bridgehead atoms. The minimum Gasteiger partial charge on any atom is -0.478 e. The fourth-order valence-corrected chi connectivity index (χ4v) is 1.82. The highest BCUT2D eigenvalue weighted by Crippen LogP contribution is 2.04. The number of carboxylic acid groups (broad SMARTS) is 1. The Labute approximate surface area is 118 Å². The van der Waals surface area contributed by atoms with E-state index < -0.39 is 12.0 Å². The van der Waals surface area contributed by atoms with Crippen molar-refractivity contribution in [3.8, 4) is 0 Å². The molecule has 1 rings (SSSR count). The van der Waals surface area contributed by atoms with Gasteiger partial charge < -0.3 is 15.3 Å². The summed E-state index contributed by atoms with van der Waals surface area (Å²) in [4.78, 5) is 32.4. The van der Waals surface area contributed by atoms with Crippen LogP contribution in [0.5, 0.6) is 0 Å². The van der Waals surface area contributed by atoms with Gasteiger partial charge in [0.25, 0.3) is 0 Å². The van der Waals surface area contributed by atoms with Crippen molar-refractivity contribution in [2.45, 2.75) is 33.4 Å². The van der Waals surface area contributed by atoms with Crippen molar-refractivity contribution in [2.75, 3.05) is 13.1 Å². The van der Waals surface area contributed by atoms with Crippen molar-refractivity contribution in [2.24, 2.45) is 0 Å². The minimum absolute atomic E-state index is 0.0130. The summed E-state index contributed by atoms with van der Waals surface area (Å²) in [6.45, 7) is 7.09.